The molecule has 0 spiro atoms. The largest absolute Gasteiger partial charge is 0.507 e. The lowest BCUT2D eigenvalue weighted by molar-refractivity contribution is -1.02. The van der Waals surface area contributed by atoms with Crippen molar-refractivity contribution < 1.29 is 33.6 Å². The van der Waals surface area contributed by atoms with E-state index in [1.165, 1.54) is 21.9 Å². The van der Waals surface area contributed by atoms with Crippen LogP contribution in [0.15, 0.2) is 36.4 Å². The Hall–Kier alpha value is -2.84. The van der Waals surface area contributed by atoms with E-state index in [0.717, 1.165) is 31.7 Å². The van der Waals surface area contributed by atoms with Crippen LogP contribution in [0.1, 0.15) is 5.56 Å². The molecule has 28 heavy (non-hydrogen) atoms. The van der Waals surface area contributed by atoms with Crippen LogP contribution in [-0.2, 0) is 11.3 Å². The van der Waals surface area contributed by atoms with Gasteiger partial charge in [0.15, 0.2) is 18.0 Å². The highest BCUT2D eigenvalue weighted by Crippen LogP contribution is 2.37. The van der Waals surface area contributed by atoms with Crippen LogP contribution in [0.25, 0.3) is 0 Å². The Morgan fingerprint density at radius 3 is 2.39 bits per heavy atom. The third-order valence-corrected chi connectivity index (χ3v) is 5.22. The summed E-state index contributed by atoms with van der Waals surface area (Å²) in [5.74, 6) is 1.09. The molecule has 0 atom stereocenters. The summed E-state index contributed by atoms with van der Waals surface area (Å²) in [6, 6.07) is 9.23. The fraction of sp³-hybridized carbons (Fsp3) is 0.350. The van der Waals surface area contributed by atoms with Crippen molar-refractivity contribution in [3.63, 3.8) is 0 Å². The number of fused-ring (bicyclic) bond motifs is 1. The first-order chi connectivity index (χ1) is 13.6. The van der Waals surface area contributed by atoms with Crippen molar-refractivity contribution in [3.05, 3.63) is 47.8 Å². The summed E-state index contributed by atoms with van der Waals surface area (Å²) < 4.78 is 23.6. The number of piperazine rings is 1. The van der Waals surface area contributed by atoms with Crippen molar-refractivity contribution in [1.82, 2.24) is 0 Å². The summed E-state index contributed by atoms with van der Waals surface area (Å²) in [4.78, 5) is 14.8. The summed E-state index contributed by atoms with van der Waals surface area (Å²) >= 11 is 0. The van der Waals surface area contributed by atoms with E-state index >= 15 is 0 Å². The van der Waals surface area contributed by atoms with E-state index in [-0.39, 0.29) is 24.3 Å². The summed E-state index contributed by atoms with van der Waals surface area (Å²) in [5.41, 5.74) is 1.45. The van der Waals surface area contributed by atoms with Crippen molar-refractivity contribution in [2.45, 2.75) is 6.54 Å². The first kappa shape index (κ1) is 18.5. The third-order valence-electron chi connectivity index (χ3n) is 5.22. The highest BCUT2D eigenvalue weighted by molar-refractivity contribution is 5.91. The van der Waals surface area contributed by atoms with Crippen molar-refractivity contribution in [2.24, 2.45) is 0 Å². The molecule has 0 aromatic heterocycles. The highest BCUT2D eigenvalue weighted by atomic mass is 19.1. The van der Waals surface area contributed by atoms with Crippen LogP contribution in [0.3, 0.4) is 0 Å². The van der Waals surface area contributed by atoms with Gasteiger partial charge in [0.1, 0.15) is 44.3 Å². The zero-order valence-electron chi connectivity index (χ0n) is 15.5. The van der Waals surface area contributed by atoms with Gasteiger partial charge in [-0.2, -0.15) is 0 Å². The first-order valence-corrected chi connectivity index (χ1v) is 9.41. The number of hydrogen-bond acceptors (Lipinski definition) is 4. The Morgan fingerprint density at radius 2 is 1.68 bits per heavy atom. The second-order valence-corrected chi connectivity index (χ2v) is 7.24. The number of benzene rings is 2. The smallest absolute Gasteiger partial charge is 0.279 e. The molecule has 0 radical (unpaired) electrons. The third kappa shape index (κ3) is 4.35. The van der Waals surface area contributed by atoms with Crippen molar-refractivity contribution in [1.29, 1.82) is 0 Å². The molecular formula is C20H24FN3O4+2. The van der Waals surface area contributed by atoms with E-state index in [1.807, 2.05) is 6.07 Å². The number of rotatable bonds is 5. The van der Waals surface area contributed by atoms with Gasteiger partial charge in [0.2, 0.25) is 6.79 Å². The second-order valence-electron chi connectivity index (χ2n) is 7.24. The predicted octanol–water partition coefficient (Wildman–Crippen LogP) is -0.818. The Kier molecular flexibility index (Phi) is 5.31. The Bertz CT molecular complexity index is 851. The van der Waals surface area contributed by atoms with E-state index in [0.29, 0.717) is 30.3 Å². The number of carbonyl (C=O) groups is 1. The zero-order valence-corrected chi connectivity index (χ0v) is 15.5. The number of quaternary nitrogens is 2. The average Bonchev–Trinajstić information content (AvgIpc) is 3.12. The van der Waals surface area contributed by atoms with E-state index < -0.39 is 0 Å². The number of anilines is 1. The summed E-state index contributed by atoms with van der Waals surface area (Å²) in [6.45, 7) is 4.85. The molecule has 2 aromatic rings. The molecule has 2 aliphatic rings. The Labute approximate surface area is 162 Å². The quantitative estimate of drug-likeness (QED) is 0.539. The minimum absolute atomic E-state index is 0.0709. The van der Waals surface area contributed by atoms with Gasteiger partial charge in [-0.1, -0.05) is 0 Å². The fourth-order valence-corrected chi connectivity index (χ4v) is 3.66. The topological polar surface area (TPSA) is 76.7 Å². The molecule has 0 bridgehead atoms. The SMILES string of the molecule is O=C(C[NH+]1CC[NH+](Cc2cc3c(cc2O)OCO3)CC1)Nc1ccc(F)cc1. The van der Waals surface area contributed by atoms with Crippen molar-refractivity contribution >= 4 is 11.6 Å². The molecule has 1 fully saturated rings. The minimum Gasteiger partial charge on any atom is -0.507 e. The van der Waals surface area contributed by atoms with Crippen LogP contribution in [0.5, 0.6) is 17.2 Å². The molecule has 1 saturated heterocycles. The van der Waals surface area contributed by atoms with E-state index in [2.05, 4.69) is 5.32 Å². The number of nitrogens with one attached hydrogen (secondary N) is 3. The van der Waals surface area contributed by atoms with Gasteiger partial charge in [-0.15, -0.1) is 0 Å². The second kappa shape index (κ2) is 8.04. The van der Waals surface area contributed by atoms with Crippen molar-refractivity contribution in [2.75, 3.05) is 44.8 Å². The number of amides is 1. The maximum atomic E-state index is 12.9. The first-order valence-electron chi connectivity index (χ1n) is 9.41. The molecule has 7 nitrogen and oxygen atoms in total. The van der Waals surface area contributed by atoms with E-state index in [4.69, 9.17) is 9.47 Å². The van der Waals surface area contributed by atoms with Gasteiger partial charge in [0.25, 0.3) is 5.91 Å². The van der Waals surface area contributed by atoms with Gasteiger partial charge in [-0.3, -0.25) is 4.79 Å². The predicted molar refractivity (Wildman–Crippen MR) is 99.2 cm³/mol. The van der Waals surface area contributed by atoms with E-state index in [9.17, 15) is 14.3 Å². The van der Waals surface area contributed by atoms with E-state index in [1.54, 1.807) is 18.2 Å². The van der Waals surface area contributed by atoms with Gasteiger partial charge in [-0.25, -0.2) is 4.39 Å². The number of halogens is 1. The summed E-state index contributed by atoms with van der Waals surface area (Å²) in [6.07, 6.45) is 0. The molecule has 0 aliphatic carbocycles. The molecule has 4 N–H and O–H groups in total. The molecule has 2 aromatic carbocycles. The molecule has 2 heterocycles. The van der Waals surface area contributed by atoms with Crippen LogP contribution < -0.4 is 24.6 Å². The van der Waals surface area contributed by atoms with Crippen molar-refractivity contribution in [3.8, 4) is 17.2 Å². The minimum atomic E-state index is -0.323. The van der Waals surface area contributed by atoms with Gasteiger partial charge in [0, 0.05) is 11.8 Å². The number of aromatic hydroxyl groups is 1. The van der Waals surface area contributed by atoms with Gasteiger partial charge in [0.05, 0.1) is 5.56 Å². The van der Waals surface area contributed by atoms with Gasteiger partial charge >= 0.3 is 0 Å². The number of phenols is 1. The van der Waals surface area contributed by atoms with Crippen LogP contribution in [0, 0.1) is 5.82 Å². The lowest BCUT2D eigenvalue weighted by Crippen LogP contribution is -3.28. The summed E-state index contributed by atoms with van der Waals surface area (Å²) in [7, 11) is 0. The zero-order chi connectivity index (χ0) is 19.5. The number of ether oxygens (including phenoxy) is 2. The molecular weight excluding hydrogens is 365 g/mol. The lowest BCUT2D eigenvalue weighted by Gasteiger charge is -2.29. The molecule has 0 unspecified atom stereocenters. The Morgan fingerprint density at radius 1 is 1.04 bits per heavy atom. The molecule has 148 valence electrons. The maximum Gasteiger partial charge on any atom is 0.279 e. The maximum absolute atomic E-state index is 12.9. The van der Waals surface area contributed by atoms with Crippen LogP contribution in [0.4, 0.5) is 10.1 Å². The average molecular weight is 389 g/mol. The summed E-state index contributed by atoms with van der Waals surface area (Å²) in [5, 5.41) is 13.0. The number of carbonyl (C=O) groups excluding carboxylic acids is 1. The van der Waals surface area contributed by atoms with Gasteiger partial charge < -0.3 is 29.7 Å². The normalized spacial score (nSPS) is 20.8. The standard InChI is InChI=1S/C20H22FN3O4/c21-15-1-3-16(4-2-15)22-20(26)12-24-7-5-23(6-8-24)11-14-9-18-19(10-17(14)25)28-13-27-18/h1-4,9-10,25H,5-8,11-13H2,(H,22,26)/p+2. The van der Waals surface area contributed by atoms with Crippen LogP contribution in [0.2, 0.25) is 0 Å². The fourth-order valence-electron chi connectivity index (χ4n) is 3.66. The molecule has 8 heteroatoms. The molecule has 1 amide bonds. The number of phenolic OH excluding ortho intramolecular Hbond substituents is 1. The molecule has 0 saturated carbocycles. The lowest BCUT2D eigenvalue weighted by atomic mass is 10.1. The molecule has 2 aliphatic heterocycles. The van der Waals surface area contributed by atoms with Gasteiger partial charge in [-0.05, 0) is 30.3 Å². The Balaban J connectivity index is 1.25. The van der Waals surface area contributed by atoms with Crippen LogP contribution in [-0.4, -0.2) is 50.5 Å². The molecule has 4 rings (SSSR count). The highest BCUT2D eigenvalue weighted by Gasteiger charge is 2.26. The van der Waals surface area contributed by atoms with Crippen LogP contribution >= 0.6 is 0 Å². The number of hydrogen-bond donors (Lipinski definition) is 4. The monoisotopic (exact) mass is 389 g/mol.